The summed E-state index contributed by atoms with van der Waals surface area (Å²) in [6.45, 7) is 6.95. The van der Waals surface area contributed by atoms with Gasteiger partial charge >= 0.3 is 11.9 Å². The number of ether oxygens (including phenoxy) is 4. The molecule has 3 heterocycles. The fourth-order valence-electron chi connectivity index (χ4n) is 4.31. The van der Waals surface area contributed by atoms with Crippen LogP contribution in [0.3, 0.4) is 0 Å². The van der Waals surface area contributed by atoms with Crippen molar-refractivity contribution in [1.82, 2.24) is 0 Å². The molecule has 0 aromatic rings. The van der Waals surface area contributed by atoms with Gasteiger partial charge < -0.3 is 24.1 Å². The molecule has 0 bridgehead atoms. The van der Waals surface area contributed by atoms with E-state index in [2.05, 4.69) is 0 Å². The predicted molar refractivity (Wildman–Crippen MR) is 93.7 cm³/mol. The van der Waals surface area contributed by atoms with Gasteiger partial charge in [0.2, 0.25) is 0 Å². The largest absolute Gasteiger partial charge is 0.454 e. The van der Waals surface area contributed by atoms with E-state index in [-0.39, 0.29) is 17.8 Å². The Kier molecular flexibility index (Phi) is 4.25. The number of rotatable bonds is 3. The van der Waals surface area contributed by atoms with Gasteiger partial charge in [-0.3, -0.25) is 0 Å². The smallest absolute Gasteiger partial charge is 0.337 e. The molecule has 1 N–H and O–H groups in total. The van der Waals surface area contributed by atoms with Gasteiger partial charge in [0.1, 0.15) is 12.2 Å². The van der Waals surface area contributed by atoms with Crippen LogP contribution < -0.4 is 0 Å². The molecule has 7 nitrogen and oxygen atoms in total. The Hall–Kier alpha value is -1.70. The lowest BCUT2D eigenvalue weighted by Crippen LogP contribution is -2.36. The number of carbonyl (C=O) groups excluding carboxylic acids is 2. The quantitative estimate of drug-likeness (QED) is 0.452. The zero-order valence-corrected chi connectivity index (χ0v) is 16.1. The van der Waals surface area contributed by atoms with Crippen molar-refractivity contribution in [3.63, 3.8) is 0 Å². The predicted octanol–water partition coefficient (Wildman–Crippen LogP) is 1.58. The Labute approximate surface area is 158 Å². The van der Waals surface area contributed by atoms with Gasteiger partial charge in [-0.2, -0.15) is 0 Å². The Morgan fingerprint density at radius 1 is 1.33 bits per heavy atom. The summed E-state index contributed by atoms with van der Waals surface area (Å²) in [6.07, 6.45) is 2.14. The minimum atomic E-state index is -0.715. The highest BCUT2D eigenvalue weighted by atomic mass is 16.7. The average molecular weight is 378 g/mol. The third-order valence-corrected chi connectivity index (χ3v) is 6.39. The lowest BCUT2D eigenvalue weighted by Gasteiger charge is -2.26. The van der Waals surface area contributed by atoms with Gasteiger partial charge in [-0.05, 0) is 40.5 Å². The lowest BCUT2D eigenvalue weighted by atomic mass is 9.83. The summed E-state index contributed by atoms with van der Waals surface area (Å²) >= 11 is 0. The van der Waals surface area contributed by atoms with Crippen molar-refractivity contribution in [2.45, 2.75) is 82.6 Å². The molecule has 0 spiro atoms. The molecule has 0 aromatic carbocycles. The summed E-state index contributed by atoms with van der Waals surface area (Å²) in [5, 5.41) is 9.79. The second-order valence-corrected chi connectivity index (χ2v) is 8.30. The molecular weight excluding hydrogens is 352 g/mol. The summed E-state index contributed by atoms with van der Waals surface area (Å²) < 4.78 is 23.2. The standard InChI is InChI=1S/C20H26O7/c1-5-10(2)17(22)24-12-8-20(4)13(26-20)6-7-19(3)16(27-19)15-14(12)11(9-21)18(23)25-15/h5,12-13,15-16,21H,6-9H2,1-4H3. The third-order valence-electron chi connectivity index (χ3n) is 6.39. The first-order valence-electron chi connectivity index (χ1n) is 9.46. The number of esters is 2. The van der Waals surface area contributed by atoms with Gasteiger partial charge in [-0.15, -0.1) is 0 Å². The molecule has 27 heavy (non-hydrogen) atoms. The van der Waals surface area contributed by atoms with Crippen molar-refractivity contribution < 1.29 is 33.6 Å². The Morgan fingerprint density at radius 3 is 2.74 bits per heavy atom. The minimum absolute atomic E-state index is 0.0657. The number of carbonyl (C=O) groups is 2. The molecule has 4 aliphatic rings. The third kappa shape index (κ3) is 3.02. The number of aliphatic hydroxyl groups excluding tert-OH is 1. The number of aliphatic hydroxyl groups is 1. The van der Waals surface area contributed by atoms with Crippen LogP contribution in [-0.2, 0) is 28.5 Å². The van der Waals surface area contributed by atoms with E-state index in [9.17, 15) is 14.7 Å². The van der Waals surface area contributed by atoms with Crippen molar-refractivity contribution in [3.8, 4) is 0 Å². The summed E-state index contributed by atoms with van der Waals surface area (Å²) in [5.74, 6) is -1.03. The van der Waals surface area contributed by atoms with Crippen LogP contribution >= 0.6 is 0 Å². The van der Waals surface area contributed by atoms with E-state index < -0.39 is 42.0 Å². The molecule has 1 aliphatic carbocycles. The highest BCUT2D eigenvalue weighted by Gasteiger charge is 2.65. The maximum Gasteiger partial charge on any atom is 0.337 e. The van der Waals surface area contributed by atoms with Crippen LogP contribution in [0.25, 0.3) is 0 Å². The van der Waals surface area contributed by atoms with E-state index >= 15 is 0 Å². The van der Waals surface area contributed by atoms with Gasteiger partial charge in [0, 0.05) is 17.6 Å². The number of fused-ring (bicyclic) bond motifs is 4. The van der Waals surface area contributed by atoms with E-state index in [0.29, 0.717) is 17.6 Å². The monoisotopic (exact) mass is 378 g/mol. The first-order chi connectivity index (χ1) is 12.7. The molecule has 7 heteroatoms. The molecule has 0 amide bonds. The highest BCUT2D eigenvalue weighted by molar-refractivity contribution is 5.93. The van der Waals surface area contributed by atoms with Crippen molar-refractivity contribution in [3.05, 3.63) is 22.8 Å². The Balaban J connectivity index is 1.74. The Morgan fingerprint density at radius 2 is 2.07 bits per heavy atom. The zero-order valence-electron chi connectivity index (χ0n) is 16.1. The Bertz CT molecular complexity index is 753. The topological polar surface area (TPSA) is 97.9 Å². The number of hydrogen-bond acceptors (Lipinski definition) is 7. The minimum Gasteiger partial charge on any atom is -0.454 e. The van der Waals surface area contributed by atoms with Crippen LogP contribution in [0.15, 0.2) is 22.8 Å². The van der Waals surface area contributed by atoms with Gasteiger partial charge in [-0.1, -0.05) is 6.08 Å². The van der Waals surface area contributed by atoms with Crippen LogP contribution in [0.5, 0.6) is 0 Å². The molecule has 2 saturated heterocycles. The highest BCUT2D eigenvalue weighted by Crippen LogP contribution is 2.54. The molecule has 4 rings (SSSR count). The second-order valence-electron chi connectivity index (χ2n) is 8.30. The second kappa shape index (κ2) is 6.15. The molecule has 6 unspecified atom stereocenters. The van der Waals surface area contributed by atoms with Crippen LogP contribution in [0.4, 0.5) is 0 Å². The molecule has 3 fully saturated rings. The van der Waals surface area contributed by atoms with E-state index in [1.807, 2.05) is 13.8 Å². The molecule has 6 atom stereocenters. The molecule has 1 saturated carbocycles. The maximum atomic E-state index is 12.5. The molecule has 148 valence electrons. The van der Waals surface area contributed by atoms with Crippen molar-refractivity contribution in [2.75, 3.05) is 6.61 Å². The van der Waals surface area contributed by atoms with Crippen molar-refractivity contribution >= 4 is 11.9 Å². The zero-order chi connectivity index (χ0) is 19.6. The van der Waals surface area contributed by atoms with Gasteiger partial charge in [-0.25, -0.2) is 9.59 Å². The van der Waals surface area contributed by atoms with Crippen molar-refractivity contribution in [2.24, 2.45) is 0 Å². The SMILES string of the molecule is CC=C(C)C(=O)OC1CC2(C)OC2CCC2(C)OC2C2OC(=O)C(CO)=C12. The number of hydrogen-bond donors (Lipinski definition) is 1. The van der Waals surface area contributed by atoms with Gasteiger partial charge in [0.05, 0.1) is 29.5 Å². The first kappa shape index (κ1) is 18.7. The summed E-state index contributed by atoms with van der Waals surface area (Å²) in [5.41, 5.74) is 0.322. The van der Waals surface area contributed by atoms with E-state index in [1.54, 1.807) is 19.9 Å². The normalized spacial score (nSPS) is 43.3. The van der Waals surface area contributed by atoms with Crippen molar-refractivity contribution in [1.29, 1.82) is 0 Å². The summed E-state index contributed by atoms with van der Waals surface area (Å²) in [7, 11) is 0. The first-order valence-corrected chi connectivity index (χ1v) is 9.46. The number of epoxide rings is 2. The average Bonchev–Trinajstić information content (AvgIpc) is 3.44. The van der Waals surface area contributed by atoms with E-state index in [1.165, 1.54) is 0 Å². The van der Waals surface area contributed by atoms with E-state index in [4.69, 9.17) is 18.9 Å². The maximum absolute atomic E-state index is 12.5. The molecule has 0 radical (unpaired) electrons. The fraction of sp³-hybridized carbons (Fsp3) is 0.700. The molecule has 3 aliphatic heterocycles. The summed E-state index contributed by atoms with van der Waals surface area (Å²) in [6, 6.07) is 0. The van der Waals surface area contributed by atoms with Crippen LogP contribution in [-0.4, -0.2) is 59.3 Å². The van der Waals surface area contributed by atoms with Crippen LogP contribution in [0.1, 0.15) is 47.0 Å². The van der Waals surface area contributed by atoms with E-state index in [0.717, 1.165) is 12.8 Å². The van der Waals surface area contributed by atoms with Crippen LogP contribution in [0, 0.1) is 0 Å². The molecular formula is C20H26O7. The fourth-order valence-corrected chi connectivity index (χ4v) is 4.31. The van der Waals surface area contributed by atoms with Gasteiger partial charge in [0.15, 0.2) is 6.10 Å². The molecule has 0 aromatic heterocycles. The van der Waals surface area contributed by atoms with Crippen LogP contribution in [0.2, 0.25) is 0 Å². The van der Waals surface area contributed by atoms with Gasteiger partial charge in [0.25, 0.3) is 0 Å². The lowest BCUT2D eigenvalue weighted by molar-refractivity contribution is -0.144. The number of allylic oxidation sites excluding steroid dienone is 1. The summed E-state index contributed by atoms with van der Waals surface area (Å²) in [4.78, 5) is 24.8.